The van der Waals surface area contributed by atoms with Gasteiger partial charge in [0.2, 0.25) is 11.8 Å². The molecule has 2 fully saturated rings. The summed E-state index contributed by atoms with van der Waals surface area (Å²) in [6.45, 7) is 5.01. The number of hydrogen-bond donors (Lipinski definition) is 3. The maximum absolute atomic E-state index is 13.9. The minimum absolute atomic E-state index is 0.102. The number of carbonyl (C=O) groups is 4. The first-order valence-corrected chi connectivity index (χ1v) is 21.6. The van der Waals surface area contributed by atoms with Crippen molar-refractivity contribution in [3.63, 3.8) is 0 Å². The molecule has 0 bridgehead atoms. The van der Waals surface area contributed by atoms with Crippen molar-refractivity contribution in [2.75, 3.05) is 27.3 Å². The van der Waals surface area contributed by atoms with Crippen LogP contribution in [0.2, 0.25) is 0 Å². The van der Waals surface area contributed by atoms with E-state index in [-0.39, 0.29) is 29.8 Å². The van der Waals surface area contributed by atoms with Crippen molar-refractivity contribution in [3.05, 3.63) is 132 Å². The van der Waals surface area contributed by atoms with E-state index in [4.69, 9.17) is 14.5 Å². The van der Waals surface area contributed by atoms with Crippen molar-refractivity contribution in [2.24, 2.45) is 10.9 Å². The Kier molecular flexibility index (Phi) is 12.8. The monoisotopic (exact) mass is 847 g/mol. The Balaban J connectivity index is 0.876. The van der Waals surface area contributed by atoms with Gasteiger partial charge in [-0.15, -0.1) is 0 Å². The Morgan fingerprint density at radius 3 is 1.76 bits per heavy atom. The molecule has 4 heterocycles. The van der Waals surface area contributed by atoms with Gasteiger partial charge in [-0.25, -0.2) is 14.6 Å². The number of aromatic nitrogens is 2. The van der Waals surface area contributed by atoms with E-state index in [0.29, 0.717) is 25.1 Å². The molecular formula is C50H53N7O6. The number of hydrogen-bond acceptors (Lipinski definition) is 8. The average Bonchev–Trinajstić information content (AvgIpc) is 4.17. The molecule has 4 aromatic carbocycles. The number of aromatic amines is 1. The molecule has 2 saturated heterocycles. The van der Waals surface area contributed by atoms with Crippen LogP contribution in [0.15, 0.2) is 121 Å². The molecule has 0 radical (unpaired) electrons. The van der Waals surface area contributed by atoms with Crippen LogP contribution in [0, 0.1) is 5.92 Å². The summed E-state index contributed by atoms with van der Waals surface area (Å²) in [4.78, 5) is 68.3. The lowest BCUT2D eigenvalue weighted by atomic mass is 9.95. The molecule has 1 aromatic heterocycles. The molecule has 63 heavy (non-hydrogen) atoms. The highest BCUT2D eigenvalue weighted by Gasteiger charge is 2.39. The van der Waals surface area contributed by atoms with Crippen LogP contribution in [0.3, 0.4) is 0 Å². The first kappa shape index (κ1) is 42.7. The predicted molar refractivity (Wildman–Crippen MR) is 242 cm³/mol. The number of alkyl carbamates (subject to hydrolysis) is 2. The SMILES string of the molecule is COC(=O)N[C@H](C(=O)N1CCC[C@H]1c1ncc(-c2ccc(-c3ccc(-c4ccc(C5=CN=C([C@@H]6CCCN6C(=O)[C@H](NC(=O)OC)c6ccccc6)C5)cc4)cc3)cc2)[nH]1)C(C)C. The van der Waals surface area contributed by atoms with E-state index in [2.05, 4.69) is 93.4 Å². The van der Waals surface area contributed by atoms with Crippen molar-refractivity contribution in [1.82, 2.24) is 30.4 Å². The standard InChI is InChI=1S/C50H53N7O6/c1-31(2)44(54-49(60)62-3)47(58)57-27-9-13-43(57)46-52-30-41(53-46)37-24-22-35(23-25-37)33-16-14-32(15-17-33)34-18-20-36(21-19-34)39-28-40(51-29-39)42-12-8-26-56(42)48(59)45(55-50(61)63-4)38-10-6-5-7-11-38/h5-7,10-11,14-25,29-31,42-45H,8-9,12-13,26-28H2,1-4H3,(H,52,53)(H,54,60)(H,55,61)/t42-,43-,44-,45+/m0/s1. The van der Waals surface area contributed by atoms with Crippen LogP contribution < -0.4 is 10.6 Å². The van der Waals surface area contributed by atoms with Gasteiger partial charge in [0, 0.05) is 31.4 Å². The van der Waals surface area contributed by atoms with Crippen molar-refractivity contribution in [1.29, 1.82) is 0 Å². The molecule has 324 valence electrons. The van der Waals surface area contributed by atoms with Crippen LogP contribution in [0.4, 0.5) is 9.59 Å². The van der Waals surface area contributed by atoms with Crippen LogP contribution in [0.25, 0.3) is 39.1 Å². The van der Waals surface area contributed by atoms with Gasteiger partial charge in [-0.2, -0.15) is 0 Å². The predicted octanol–water partition coefficient (Wildman–Crippen LogP) is 8.73. The van der Waals surface area contributed by atoms with E-state index in [1.807, 2.05) is 66.4 Å². The molecule has 3 N–H and O–H groups in total. The average molecular weight is 848 g/mol. The lowest BCUT2D eigenvalue weighted by Gasteiger charge is -2.30. The number of ether oxygens (including phenoxy) is 2. The number of aliphatic imine (C=N–C) groups is 1. The molecule has 8 rings (SSSR count). The van der Waals surface area contributed by atoms with Gasteiger partial charge in [-0.05, 0) is 76.1 Å². The summed E-state index contributed by atoms with van der Waals surface area (Å²) in [6.07, 6.45) is 6.43. The minimum Gasteiger partial charge on any atom is -0.453 e. The van der Waals surface area contributed by atoms with Crippen molar-refractivity contribution < 1.29 is 28.7 Å². The highest BCUT2D eigenvalue weighted by molar-refractivity contribution is 6.04. The topological polar surface area (TPSA) is 158 Å². The molecule has 3 aliphatic rings. The second-order valence-corrected chi connectivity index (χ2v) is 16.6. The lowest BCUT2D eigenvalue weighted by molar-refractivity contribution is -0.135. The summed E-state index contributed by atoms with van der Waals surface area (Å²) in [5.74, 6) is 0.327. The largest absolute Gasteiger partial charge is 0.453 e. The number of rotatable bonds is 12. The van der Waals surface area contributed by atoms with Gasteiger partial charge in [0.05, 0.1) is 38.2 Å². The smallest absolute Gasteiger partial charge is 0.407 e. The molecule has 4 atom stereocenters. The number of methoxy groups -OCH3 is 2. The maximum Gasteiger partial charge on any atom is 0.407 e. The molecule has 13 heteroatoms. The molecule has 0 spiro atoms. The lowest BCUT2D eigenvalue weighted by Crippen LogP contribution is -2.51. The first-order chi connectivity index (χ1) is 30.6. The van der Waals surface area contributed by atoms with Gasteiger partial charge in [0.25, 0.3) is 0 Å². The van der Waals surface area contributed by atoms with Gasteiger partial charge in [-0.3, -0.25) is 14.6 Å². The fourth-order valence-corrected chi connectivity index (χ4v) is 8.90. The minimum atomic E-state index is -0.850. The highest BCUT2D eigenvalue weighted by Crippen LogP contribution is 2.35. The summed E-state index contributed by atoms with van der Waals surface area (Å²) in [5, 5.41) is 5.44. The van der Waals surface area contributed by atoms with E-state index in [9.17, 15) is 19.2 Å². The Morgan fingerprint density at radius 1 is 0.667 bits per heavy atom. The Bertz CT molecular complexity index is 2500. The highest BCUT2D eigenvalue weighted by atomic mass is 16.5. The molecule has 5 aromatic rings. The van der Waals surface area contributed by atoms with Crippen LogP contribution in [-0.4, -0.2) is 88.9 Å². The number of carbonyl (C=O) groups excluding carboxylic acids is 4. The van der Waals surface area contributed by atoms with E-state index >= 15 is 0 Å². The zero-order chi connectivity index (χ0) is 44.0. The summed E-state index contributed by atoms with van der Waals surface area (Å²) in [6, 6.07) is 32.8. The van der Waals surface area contributed by atoms with Crippen LogP contribution in [0.5, 0.6) is 0 Å². The Morgan fingerprint density at radius 2 is 1.19 bits per heavy atom. The van der Waals surface area contributed by atoms with Gasteiger partial charge >= 0.3 is 12.2 Å². The maximum atomic E-state index is 13.9. The molecular weight excluding hydrogens is 795 g/mol. The van der Waals surface area contributed by atoms with Gasteiger partial charge in [-0.1, -0.05) is 117 Å². The number of likely N-dealkylation sites (tertiary alicyclic amines) is 2. The van der Waals surface area contributed by atoms with Crippen LogP contribution in [-0.2, 0) is 19.1 Å². The van der Waals surface area contributed by atoms with E-state index in [0.717, 1.165) is 81.9 Å². The molecule has 4 amide bonds. The number of benzene rings is 4. The van der Waals surface area contributed by atoms with E-state index < -0.39 is 24.3 Å². The summed E-state index contributed by atoms with van der Waals surface area (Å²) >= 11 is 0. The molecule has 0 unspecified atom stereocenters. The molecule has 3 aliphatic heterocycles. The number of nitrogens with zero attached hydrogens (tertiary/aromatic N) is 4. The normalized spacial score (nSPS) is 18.1. The third-order valence-corrected chi connectivity index (χ3v) is 12.3. The summed E-state index contributed by atoms with van der Waals surface area (Å²) < 4.78 is 9.61. The first-order valence-electron chi connectivity index (χ1n) is 21.6. The van der Waals surface area contributed by atoms with Gasteiger partial charge in [0.1, 0.15) is 17.9 Å². The zero-order valence-electron chi connectivity index (χ0n) is 36.0. The van der Waals surface area contributed by atoms with Gasteiger partial charge in [0.15, 0.2) is 0 Å². The number of H-pyrrole nitrogens is 1. The molecule has 13 nitrogen and oxygen atoms in total. The number of nitrogens with one attached hydrogen (secondary N) is 3. The number of amides is 4. The van der Waals surface area contributed by atoms with Crippen molar-refractivity contribution >= 4 is 35.3 Å². The molecule has 0 aliphatic carbocycles. The Labute approximate surface area is 367 Å². The van der Waals surface area contributed by atoms with Crippen molar-refractivity contribution in [3.8, 4) is 33.5 Å². The van der Waals surface area contributed by atoms with Gasteiger partial charge < -0.3 is 34.9 Å². The zero-order valence-corrected chi connectivity index (χ0v) is 36.0. The second kappa shape index (κ2) is 18.9. The summed E-state index contributed by atoms with van der Waals surface area (Å²) in [7, 11) is 2.59. The van der Waals surface area contributed by atoms with E-state index in [1.165, 1.54) is 14.2 Å². The van der Waals surface area contributed by atoms with E-state index in [1.54, 1.807) is 0 Å². The van der Waals surface area contributed by atoms with Crippen LogP contribution in [0.1, 0.15) is 75.0 Å². The third kappa shape index (κ3) is 9.28. The third-order valence-electron chi connectivity index (χ3n) is 12.3. The Hall–Kier alpha value is -7.02. The van der Waals surface area contributed by atoms with Crippen molar-refractivity contribution in [2.45, 2.75) is 70.1 Å². The molecule has 0 saturated carbocycles. The van der Waals surface area contributed by atoms with Crippen LogP contribution >= 0.6 is 0 Å². The summed E-state index contributed by atoms with van der Waals surface area (Å²) in [5.41, 5.74) is 10.1. The second-order valence-electron chi connectivity index (χ2n) is 16.6. The number of imidazole rings is 1. The fraction of sp³-hybridized carbons (Fsp3) is 0.320. The fourth-order valence-electron chi connectivity index (χ4n) is 8.90. The number of allylic oxidation sites excluding steroid dienone is 1. The quantitative estimate of drug-likeness (QED) is 0.113.